The van der Waals surface area contributed by atoms with E-state index in [9.17, 15) is 15.0 Å². The van der Waals surface area contributed by atoms with Gasteiger partial charge in [-0.2, -0.15) is 0 Å². The number of ether oxygens (including phenoxy) is 2. The van der Waals surface area contributed by atoms with Gasteiger partial charge in [-0.25, -0.2) is 4.79 Å². The number of carbonyl (C=O) groups is 1. The van der Waals surface area contributed by atoms with E-state index in [1.165, 1.54) is 7.11 Å². The van der Waals surface area contributed by atoms with Crippen LogP contribution in [0.3, 0.4) is 0 Å². The predicted molar refractivity (Wildman–Crippen MR) is 101 cm³/mol. The fourth-order valence-corrected chi connectivity index (χ4v) is 2.92. The molecule has 3 N–H and O–H groups in total. The number of aromatic amines is 1. The molecule has 0 saturated carbocycles. The topological polar surface area (TPSA) is 91.8 Å². The quantitative estimate of drug-likeness (QED) is 0.582. The molecule has 3 aromatic rings. The molecule has 1 heterocycles. The Morgan fingerprint density at radius 2 is 1.63 bits per heavy atom. The summed E-state index contributed by atoms with van der Waals surface area (Å²) in [5.74, 6) is 0.0963. The van der Waals surface area contributed by atoms with E-state index in [1.54, 1.807) is 25.3 Å². The molecule has 0 fully saturated rings. The fraction of sp³-hybridized carbons (Fsp3) is 0.190. The molecule has 140 valence electrons. The number of esters is 1. The number of hydrogen-bond acceptors (Lipinski definition) is 5. The normalized spacial score (nSPS) is 10.7. The SMILES string of the molecule is COC(=O)c1[nH]c(-c2ccc(CO)cc2)cc1-c1cc(CO)cc(OC)c1. The van der Waals surface area contributed by atoms with Crippen LogP contribution in [0.25, 0.3) is 22.4 Å². The van der Waals surface area contributed by atoms with Crippen molar-refractivity contribution in [2.24, 2.45) is 0 Å². The van der Waals surface area contributed by atoms with Crippen LogP contribution in [0.4, 0.5) is 0 Å². The van der Waals surface area contributed by atoms with Crippen molar-refractivity contribution >= 4 is 5.97 Å². The minimum absolute atomic E-state index is 0.0303. The smallest absolute Gasteiger partial charge is 0.355 e. The lowest BCUT2D eigenvalue weighted by molar-refractivity contribution is 0.0596. The lowest BCUT2D eigenvalue weighted by Crippen LogP contribution is -2.03. The standard InChI is InChI=1S/C21H21NO5/c1-26-17-8-14(12-24)7-16(9-17)18-10-19(22-20(18)21(25)27-2)15-5-3-13(11-23)4-6-15/h3-10,22-24H,11-12H2,1-2H3. The third-order valence-electron chi connectivity index (χ3n) is 4.35. The van der Waals surface area contributed by atoms with Gasteiger partial charge in [0.05, 0.1) is 27.4 Å². The minimum atomic E-state index is -0.489. The molecule has 6 heteroatoms. The first kappa shape index (κ1) is 18.7. The maximum atomic E-state index is 12.3. The number of benzene rings is 2. The van der Waals surface area contributed by atoms with Crippen molar-refractivity contribution in [2.75, 3.05) is 14.2 Å². The lowest BCUT2D eigenvalue weighted by atomic mass is 10.0. The Bertz CT molecular complexity index is 921. The van der Waals surface area contributed by atoms with E-state index in [2.05, 4.69) is 4.98 Å². The molecule has 3 rings (SSSR count). The number of carbonyl (C=O) groups excluding carboxylic acids is 1. The third-order valence-corrected chi connectivity index (χ3v) is 4.35. The van der Waals surface area contributed by atoms with Gasteiger partial charge in [0.2, 0.25) is 0 Å². The Balaban J connectivity index is 2.14. The van der Waals surface area contributed by atoms with Gasteiger partial charge in [0.1, 0.15) is 11.4 Å². The molecule has 0 aliphatic carbocycles. The summed E-state index contributed by atoms with van der Waals surface area (Å²) < 4.78 is 10.2. The Morgan fingerprint density at radius 3 is 2.22 bits per heavy atom. The third kappa shape index (κ3) is 3.86. The zero-order valence-corrected chi connectivity index (χ0v) is 15.2. The van der Waals surface area contributed by atoms with Crippen LogP contribution in [0.1, 0.15) is 21.6 Å². The second-order valence-electron chi connectivity index (χ2n) is 6.05. The number of hydrogen-bond donors (Lipinski definition) is 3. The van der Waals surface area contributed by atoms with E-state index in [-0.39, 0.29) is 13.2 Å². The van der Waals surface area contributed by atoms with Crippen molar-refractivity contribution < 1.29 is 24.5 Å². The highest BCUT2D eigenvalue weighted by molar-refractivity contribution is 5.97. The van der Waals surface area contributed by atoms with Gasteiger partial charge in [-0.15, -0.1) is 0 Å². The van der Waals surface area contributed by atoms with E-state index in [1.807, 2.05) is 30.3 Å². The Labute approximate surface area is 157 Å². The van der Waals surface area contributed by atoms with E-state index in [0.29, 0.717) is 22.6 Å². The van der Waals surface area contributed by atoms with Crippen LogP contribution in [-0.2, 0) is 18.0 Å². The average Bonchev–Trinajstić information content (AvgIpc) is 3.18. The van der Waals surface area contributed by atoms with E-state index < -0.39 is 5.97 Å². The summed E-state index contributed by atoms with van der Waals surface area (Å²) in [6.45, 7) is -0.172. The first-order valence-electron chi connectivity index (χ1n) is 8.40. The molecule has 0 bridgehead atoms. The van der Waals surface area contributed by atoms with Crippen LogP contribution in [0.5, 0.6) is 5.75 Å². The summed E-state index contributed by atoms with van der Waals surface area (Å²) in [4.78, 5) is 15.4. The lowest BCUT2D eigenvalue weighted by Gasteiger charge is -2.08. The zero-order chi connectivity index (χ0) is 19.4. The van der Waals surface area contributed by atoms with Gasteiger partial charge < -0.3 is 24.7 Å². The molecule has 0 aliphatic heterocycles. The van der Waals surface area contributed by atoms with Gasteiger partial charge in [-0.3, -0.25) is 0 Å². The molecule has 1 aromatic heterocycles. The van der Waals surface area contributed by atoms with Crippen LogP contribution in [-0.4, -0.2) is 35.4 Å². The molecule has 6 nitrogen and oxygen atoms in total. The molecular weight excluding hydrogens is 346 g/mol. The maximum Gasteiger partial charge on any atom is 0.355 e. The number of aromatic nitrogens is 1. The summed E-state index contributed by atoms with van der Waals surface area (Å²) in [6, 6.07) is 14.6. The first-order chi connectivity index (χ1) is 13.1. The molecule has 27 heavy (non-hydrogen) atoms. The van der Waals surface area contributed by atoms with Crippen LogP contribution in [0, 0.1) is 0 Å². The van der Waals surface area contributed by atoms with Gasteiger partial charge in [0.25, 0.3) is 0 Å². The monoisotopic (exact) mass is 367 g/mol. The summed E-state index contributed by atoms with van der Waals surface area (Å²) in [5, 5.41) is 18.7. The van der Waals surface area contributed by atoms with Gasteiger partial charge in [-0.1, -0.05) is 24.3 Å². The number of methoxy groups -OCH3 is 2. The summed E-state index contributed by atoms with van der Waals surface area (Å²) in [7, 11) is 2.88. The molecule has 0 unspecified atom stereocenters. The molecule has 0 spiro atoms. The van der Waals surface area contributed by atoms with Crippen molar-refractivity contribution in [3.05, 3.63) is 65.4 Å². The number of H-pyrrole nitrogens is 1. The van der Waals surface area contributed by atoms with Crippen LogP contribution < -0.4 is 4.74 Å². The number of rotatable bonds is 6. The minimum Gasteiger partial charge on any atom is -0.497 e. The van der Waals surface area contributed by atoms with Crippen molar-refractivity contribution in [2.45, 2.75) is 13.2 Å². The largest absolute Gasteiger partial charge is 0.497 e. The highest BCUT2D eigenvalue weighted by Gasteiger charge is 2.19. The maximum absolute atomic E-state index is 12.3. The summed E-state index contributed by atoms with van der Waals surface area (Å²) >= 11 is 0. The predicted octanol–water partition coefficient (Wildman–Crippen LogP) is 3.13. The Morgan fingerprint density at radius 1 is 0.926 bits per heavy atom. The second-order valence-corrected chi connectivity index (χ2v) is 6.05. The summed E-state index contributed by atoms with van der Waals surface area (Å²) in [5.41, 5.74) is 4.78. The van der Waals surface area contributed by atoms with Crippen molar-refractivity contribution in [3.8, 4) is 28.1 Å². The number of nitrogens with one attached hydrogen (secondary N) is 1. The van der Waals surface area contributed by atoms with Gasteiger partial charge in [0, 0.05) is 11.3 Å². The Hall–Kier alpha value is -3.09. The van der Waals surface area contributed by atoms with E-state index >= 15 is 0 Å². The number of aliphatic hydroxyl groups excluding tert-OH is 2. The number of aliphatic hydroxyl groups is 2. The average molecular weight is 367 g/mol. The van der Waals surface area contributed by atoms with Crippen LogP contribution >= 0.6 is 0 Å². The molecule has 0 amide bonds. The molecule has 0 atom stereocenters. The molecule has 0 saturated heterocycles. The van der Waals surface area contributed by atoms with E-state index in [0.717, 1.165) is 22.4 Å². The fourth-order valence-electron chi connectivity index (χ4n) is 2.92. The zero-order valence-electron chi connectivity index (χ0n) is 15.2. The van der Waals surface area contributed by atoms with Crippen LogP contribution in [0.15, 0.2) is 48.5 Å². The van der Waals surface area contributed by atoms with Gasteiger partial charge in [0.15, 0.2) is 0 Å². The van der Waals surface area contributed by atoms with E-state index in [4.69, 9.17) is 9.47 Å². The Kier molecular flexibility index (Phi) is 5.59. The molecular formula is C21H21NO5. The molecule has 0 radical (unpaired) electrons. The first-order valence-corrected chi connectivity index (χ1v) is 8.40. The van der Waals surface area contributed by atoms with Crippen molar-refractivity contribution in [1.29, 1.82) is 0 Å². The van der Waals surface area contributed by atoms with Crippen LogP contribution in [0.2, 0.25) is 0 Å². The highest BCUT2D eigenvalue weighted by atomic mass is 16.5. The molecule has 0 aliphatic rings. The van der Waals surface area contributed by atoms with Gasteiger partial charge >= 0.3 is 5.97 Å². The second kappa shape index (κ2) is 8.07. The molecule has 2 aromatic carbocycles. The highest BCUT2D eigenvalue weighted by Crippen LogP contribution is 2.33. The van der Waals surface area contributed by atoms with Crippen molar-refractivity contribution in [3.63, 3.8) is 0 Å². The summed E-state index contributed by atoms with van der Waals surface area (Å²) in [6.07, 6.45) is 0. The van der Waals surface area contributed by atoms with Gasteiger partial charge in [-0.05, 0) is 46.5 Å². The van der Waals surface area contributed by atoms with Crippen molar-refractivity contribution in [1.82, 2.24) is 4.98 Å².